The second-order valence-electron chi connectivity index (χ2n) is 12.2. The Bertz CT molecular complexity index is 1480. The topological polar surface area (TPSA) is 159 Å². The molecule has 3 rings (SSSR count). The molecule has 0 radical (unpaired) electrons. The Balaban J connectivity index is 1.92. The van der Waals surface area contributed by atoms with E-state index in [2.05, 4.69) is 22.2 Å². The molecule has 1 aromatic carbocycles. The van der Waals surface area contributed by atoms with Crippen molar-refractivity contribution in [2.45, 2.75) is 78.7 Å². The van der Waals surface area contributed by atoms with Gasteiger partial charge in [-0.3, -0.25) is 9.59 Å². The molecule has 0 spiro atoms. The minimum absolute atomic E-state index is 0.0401. The highest BCUT2D eigenvalue weighted by molar-refractivity contribution is 6.01. The first kappa shape index (κ1) is 35.7. The van der Waals surface area contributed by atoms with Crippen LogP contribution in [0.25, 0.3) is 17.2 Å². The number of amides is 2. The number of rotatable bonds is 14. The molecule has 12 nitrogen and oxygen atoms in total. The first-order valence-electron chi connectivity index (χ1n) is 15.2. The van der Waals surface area contributed by atoms with Crippen LogP contribution in [0, 0.1) is 11.8 Å². The van der Waals surface area contributed by atoms with Crippen molar-refractivity contribution < 1.29 is 42.9 Å². The monoisotopic (exact) mass is 637 g/mol. The summed E-state index contributed by atoms with van der Waals surface area (Å²) < 4.78 is 21.6. The summed E-state index contributed by atoms with van der Waals surface area (Å²) in [4.78, 5) is 68.5. The summed E-state index contributed by atoms with van der Waals surface area (Å²) in [6.07, 6.45) is 2.51. The average molecular weight is 638 g/mol. The van der Waals surface area contributed by atoms with Gasteiger partial charge in [-0.15, -0.1) is 0 Å². The summed E-state index contributed by atoms with van der Waals surface area (Å²) in [6, 6.07) is 4.96. The molecule has 1 heterocycles. The third-order valence-corrected chi connectivity index (χ3v) is 7.30. The lowest BCUT2D eigenvalue weighted by Crippen LogP contribution is -2.48. The van der Waals surface area contributed by atoms with Crippen LogP contribution >= 0.6 is 0 Å². The van der Waals surface area contributed by atoms with Gasteiger partial charge in [-0.25, -0.2) is 19.4 Å². The van der Waals surface area contributed by atoms with Crippen LogP contribution in [-0.2, 0) is 19.0 Å². The van der Waals surface area contributed by atoms with Gasteiger partial charge in [-0.2, -0.15) is 0 Å². The fraction of sp³-hybridized carbons (Fsp3) is 0.471. The Labute approximate surface area is 269 Å². The highest BCUT2D eigenvalue weighted by Crippen LogP contribution is 2.33. The van der Waals surface area contributed by atoms with Gasteiger partial charge in [-0.1, -0.05) is 32.9 Å². The molecule has 248 valence electrons. The molecule has 1 aromatic heterocycles. The first-order valence-corrected chi connectivity index (χ1v) is 15.2. The van der Waals surface area contributed by atoms with Gasteiger partial charge in [0.1, 0.15) is 23.1 Å². The summed E-state index contributed by atoms with van der Waals surface area (Å²) in [5, 5.41) is 5.35. The van der Waals surface area contributed by atoms with Crippen molar-refractivity contribution in [1.82, 2.24) is 15.6 Å². The second kappa shape index (κ2) is 15.5. The Morgan fingerprint density at radius 3 is 2.33 bits per heavy atom. The van der Waals surface area contributed by atoms with E-state index in [1.807, 2.05) is 6.92 Å². The summed E-state index contributed by atoms with van der Waals surface area (Å²) in [5.41, 5.74) is 0.127. The fourth-order valence-corrected chi connectivity index (χ4v) is 4.46. The molecule has 3 atom stereocenters. The number of nitrogens with zero attached hydrogens (tertiary/aromatic N) is 1. The zero-order valence-corrected chi connectivity index (χ0v) is 27.4. The lowest BCUT2D eigenvalue weighted by Gasteiger charge is -2.26. The quantitative estimate of drug-likeness (QED) is 0.157. The predicted octanol–water partition coefficient (Wildman–Crippen LogP) is 5.34. The number of aromatic nitrogens is 1. The minimum atomic E-state index is -1.42. The largest absolute Gasteiger partial charge is 0.496 e. The highest BCUT2D eigenvalue weighted by Gasteiger charge is 2.32. The number of pyridine rings is 1. The van der Waals surface area contributed by atoms with Gasteiger partial charge in [-0.05, 0) is 75.3 Å². The number of nitrogens with one attached hydrogen (secondary N) is 2. The van der Waals surface area contributed by atoms with Crippen LogP contribution < -0.4 is 15.4 Å². The van der Waals surface area contributed by atoms with Gasteiger partial charge in [0.25, 0.3) is 5.91 Å². The molecule has 2 aromatic rings. The molecular weight excluding hydrogens is 594 g/mol. The van der Waals surface area contributed by atoms with E-state index in [-0.39, 0.29) is 28.4 Å². The molecule has 2 amide bonds. The van der Waals surface area contributed by atoms with Crippen molar-refractivity contribution in [3.8, 4) is 16.9 Å². The normalized spacial score (nSPS) is 14.6. The molecular formula is C34H43N3O9. The molecule has 1 fully saturated rings. The smallest absolute Gasteiger partial charge is 0.408 e. The summed E-state index contributed by atoms with van der Waals surface area (Å²) in [6.45, 7) is 14.3. The second-order valence-corrected chi connectivity index (χ2v) is 12.2. The summed E-state index contributed by atoms with van der Waals surface area (Å²) >= 11 is 0. The Morgan fingerprint density at radius 1 is 1.07 bits per heavy atom. The molecule has 46 heavy (non-hydrogen) atoms. The van der Waals surface area contributed by atoms with Crippen molar-refractivity contribution in [1.29, 1.82) is 0 Å². The van der Waals surface area contributed by atoms with Crippen molar-refractivity contribution in [3.63, 3.8) is 0 Å². The van der Waals surface area contributed by atoms with E-state index in [4.69, 9.17) is 18.9 Å². The average Bonchev–Trinajstić information content (AvgIpc) is 3.84. The van der Waals surface area contributed by atoms with Crippen molar-refractivity contribution in [2.75, 3.05) is 13.7 Å². The molecule has 12 heteroatoms. The summed E-state index contributed by atoms with van der Waals surface area (Å²) in [7, 11) is 1.45. The molecule has 3 unspecified atom stereocenters. The number of carbonyl (C=O) groups is 5. The Kier molecular flexibility index (Phi) is 12.0. The minimum Gasteiger partial charge on any atom is -0.496 e. The molecule has 0 saturated heterocycles. The van der Waals surface area contributed by atoms with Gasteiger partial charge >= 0.3 is 18.0 Å². The standard InChI is InChI=1S/C34H43N3O9/c1-9-19(3)28(37-33(42)46-34(5,6)7)31(40)44-20(4)45-32(41)29-24(13-14-26(36-29)30(39)35-17-21-11-12-21)25-16-27(43-8)22(10-2)15-23(25)18-38/h10,13-16,18-21,28H,2,9,11-12,17H2,1,3-8H3,(H,35,39)(H,37,42). The van der Waals surface area contributed by atoms with Crippen LogP contribution in [0.5, 0.6) is 5.75 Å². The summed E-state index contributed by atoms with van der Waals surface area (Å²) in [5.74, 6) is -1.87. The van der Waals surface area contributed by atoms with E-state index in [1.54, 1.807) is 39.8 Å². The Hall–Kier alpha value is -4.74. The predicted molar refractivity (Wildman–Crippen MR) is 170 cm³/mol. The third-order valence-electron chi connectivity index (χ3n) is 7.30. The van der Waals surface area contributed by atoms with Crippen molar-refractivity contribution >= 4 is 36.3 Å². The number of carbonyl (C=O) groups excluding carboxylic acids is 5. The number of alkyl carbamates (subject to hydrolysis) is 1. The van der Waals surface area contributed by atoms with Gasteiger partial charge in [0, 0.05) is 30.2 Å². The van der Waals surface area contributed by atoms with E-state index in [0.29, 0.717) is 42.0 Å². The molecule has 0 bridgehead atoms. The van der Waals surface area contributed by atoms with Crippen molar-refractivity contribution in [3.05, 3.63) is 53.4 Å². The van der Waals surface area contributed by atoms with Crippen LogP contribution in [0.3, 0.4) is 0 Å². The van der Waals surface area contributed by atoms with Crippen LogP contribution in [0.4, 0.5) is 4.79 Å². The Morgan fingerprint density at radius 2 is 1.76 bits per heavy atom. The lowest BCUT2D eigenvalue weighted by atomic mass is 9.95. The maximum absolute atomic E-state index is 13.6. The van der Waals surface area contributed by atoms with Crippen LogP contribution in [0.15, 0.2) is 30.8 Å². The fourth-order valence-electron chi connectivity index (χ4n) is 4.46. The van der Waals surface area contributed by atoms with E-state index in [0.717, 1.165) is 12.8 Å². The molecule has 1 saturated carbocycles. The SMILES string of the molecule is C=Cc1cc(C=O)c(-c2ccc(C(=O)NCC3CC3)nc2C(=O)OC(C)OC(=O)C(NC(=O)OC(C)(C)C)C(C)CC)cc1OC. The van der Waals surface area contributed by atoms with E-state index < -0.39 is 41.9 Å². The molecule has 2 N–H and O–H groups in total. The maximum atomic E-state index is 13.6. The zero-order valence-electron chi connectivity index (χ0n) is 27.4. The van der Waals surface area contributed by atoms with Crippen molar-refractivity contribution in [2.24, 2.45) is 11.8 Å². The van der Waals surface area contributed by atoms with Crippen LogP contribution in [-0.4, -0.2) is 66.8 Å². The van der Waals surface area contributed by atoms with E-state index in [9.17, 15) is 24.0 Å². The zero-order chi connectivity index (χ0) is 34.2. The van der Waals surface area contributed by atoms with E-state index >= 15 is 0 Å². The van der Waals surface area contributed by atoms with Gasteiger partial charge in [0.05, 0.1) is 7.11 Å². The highest BCUT2D eigenvalue weighted by atomic mass is 16.7. The number of esters is 2. The number of hydrogen-bond acceptors (Lipinski definition) is 10. The van der Waals surface area contributed by atoms with Gasteiger partial charge < -0.3 is 29.6 Å². The van der Waals surface area contributed by atoms with E-state index in [1.165, 1.54) is 32.2 Å². The molecule has 0 aliphatic heterocycles. The molecule has 1 aliphatic rings. The van der Waals surface area contributed by atoms with Crippen LogP contribution in [0.2, 0.25) is 0 Å². The number of ether oxygens (including phenoxy) is 4. The molecule has 1 aliphatic carbocycles. The number of benzene rings is 1. The number of hydrogen-bond donors (Lipinski definition) is 2. The van der Waals surface area contributed by atoms with Gasteiger partial charge in [0.2, 0.25) is 6.29 Å². The first-order chi connectivity index (χ1) is 21.7. The third kappa shape index (κ3) is 9.63. The number of aldehydes is 1. The maximum Gasteiger partial charge on any atom is 0.408 e. The number of methoxy groups -OCH3 is 1. The van der Waals surface area contributed by atoms with Gasteiger partial charge in [0.15, 0.2) is 12.0 Å². The lowest BCUT2D eigenvalue weighted by molar-refractivity contribution is -0.169. The van der Waals surface area contributed by atoms with Crippen LogP contribution in [0.1, 0.15) is 97.7 Å².